The van der Waals surface area contributed by atoms with E-state index < -0.39 is 5.82 Å². The second kappa shape index (κ2) is 6.70. The van der Waals surface area contributed by atoms with Gasteiger partial charge in [0, 0.05) is 19.3 Å². The van der Waals surface area contributed by atoms with Crippen molar-refractivity contribution >= 4 is 17.5 Å². The van der Waals surface area contributed by atoms with Gasteiger partial charge in [0.25, 0.3) is 5.91 Å². The zero-order valence-corrected chi connectivity index (χ0v) is 13.2. The lowest BCUT2D eigenvalue weighted by molar-refractivity contribution is -0.123. The Morgan fingerprint density at radius 2 is 2.08 bits per heavy atom. The summed E-state index contributed by atoms with van der Waals surface area (Å²) in [6.07, 6.45) is 0.379. The predicted molar refractivity (Wildman–Crippen MR) is 87.3 cm³/mol. The molecule has 3 rings (SSSR count). The molecule has 0 bridgehead atoms. The highest BCUT2D eigenvalue weighted by Crippen LogP contribution is 2.28. The maximum absolute atomic E-state index is 13.4. The van der Waals surface area contributed by atoms with Gasteiger partial charge in [0.1, 0.15) is 0 Å². The van der Waals surface area contributed by atoms with Crippen molar-refractivity contribution in [3.63, 3.8) is 0 Å². The summed E-state index contributed by atoms with van der Waals surface area (Å²) >= 11 is 0. The molecule has 0 spiro atoms. The number of nitrogens with zero attached hydrogens (tertiary/aromatic N) is 1. The van der Waals surface area contributed by atoms with Gasteiger partial charge in [0.15, 0.2) is 18.2 Å². The van der Waals surface area contributed by atoms with Crippen LogP contribution >= 0.6 is 0 Å². The summed E-state index contributed by atoms with van der Waals surface area (Å²) in [5.74, 6) is -0.735. The van der Waals surface area contributed by atoms with E-state index in [4.69, 9.17) is 4.74 Å². The van der Waals surface area contributed by atoms with E-state index in [2.05, 4.69) is 5.32 Å². The summed E-state index contributed by atoms with van der Waals surface area (Å²) in [6.45, 7) is 0.0672. The molecule has 2 aromatic rings. The zero-order chi connectivity index (χ0) is 17.1. The molecule has 2 aromatic carbocycles. The number of carbonyl (C=O) groups excluding carboxylic acids is 2. The van der Waals surface area contributed by atoms with Crippen LogP contribution in [0, 0.1) is 5.82 Å². The van der Waals surface area contributed by atoms with Crippen LogP contribution in [0.1, 0.15) is 11.1 Å². The number of hydrogen-bond donors (Lipinski definition) is 1. The summed E-state index contributed by atoms with van der Waals surface area (Å²) in [5.41, 5.74) is 2.76. The number of anilines is 1. The number of nitrogens with one attached hydrogen (secondary N) is 1. The molecular weight excluding hydrogens is 311 g/mol. The van der Waals surface area contributed by atoms with E-state index >= 15 is 0 Å². The molecule has 5 nitrogen and oxygen atoms in total. The fourth-order valence-electron chi connectivity index (χ4n) is 2.59. The fraction of sp³-hybridized carbons (Fsp3) is 0.222. The van der Waals surface area contributed by atoms with Crippen LogP contribution in [0.15, 0.2) is 42.5 Å². The van der Waals surface area contributed by atoms with Gasteiger partial charge in [-0.15, -0.1) is 0 Å². The number of likely N-dealkylation sites (N-methyl/N-ethyl adjacent to an activating group) is 1. The number of benzene rings is 2. The summed E-state index contributed by atoms with van der Waals surface area (Å²) in [7, 11) is 1.75. The number of carbonyl (C=O) groups is 2. The fourth-order valence-corrected chi connectivity index (χ4v) is 2.59. The standard InChI is InChI=1S/C18H17FN2O3/c1-21-15-7-6-12(8-13(15)9-18(21)23)10-20-17(22)11-24-16-5-3-2-4-14(16)19/h2-8H,9-11H2,1H3,(H,20,22). The van der Waals surface area contributed by atoms with Crippen molar-refractivity contribution in [1.82, 2.24) is 5.32 Å². The third-order valence-corrected chi connectivity index (χ3v) is 3.91. The Kier molecular flexibility index (Phi) is 4.46. The molecule has 6 heteroatoms. The van der Waals surface area contributed by atoms with Crippen molar-refractivity contribution in [2.75, 3.05) is 18.6 Å². The molecule has 1 heterocycles. The Bertz CT molecular complexity index is 792. The number of hydrogen-bond acceptors (Lipinski definition) is 3. The van der Waals surface area contributed by atoms with Crippen molar-refractivity contribution in [2.24, 2.45) is 0 Å². The Labute approximate surface area is 139 Å². The predicted octanol–water partition coefficient (Wildman–Crippen LogP) is 2.04. The molecule has 24 heavy (non-hydrogen) atoms. The minimum Gasteiger partial charge on any atom is -0.481 e. The van der Waals surface area contributed by atoms with E-state index in [0.29, 0.717) is 13.0 Å². The number of ether oxygens (including phenoxy) is 1. The van der Waals surface area contributed by atoms with Gasteiger partial charge in [-0.05, 0) is 29.3 Å². The van der Waals surface area contributed by atoms with Crippen LogP contribution in [0.5, 0.6) is 5.75 Å². The SMILES string of the molecule is CN1C(=O)Cc2cc(CNC(=O)COc3ccccc3F)ccc21. The molecular formula is C18H17FN2O3. The molecule has 0 unspecified atom stereocenters. The van der Waals surface area contributed by atoms with Crippen molar-refractivity contribution in [2.45, 2.75) is 13.0 Å². The molecule has 124 valence electrons. The smallest absolute Gasteiger partial charge is 0.258 e. The number of amides is 2. The molecule has 2 amide bonds. The van der Waals surface area contributed by atoms with Crippen molar-refractivity contribution in [3.05, 3.63) is 59.4 Å². The van der Waals surface area contributed by atoms with Gasteiger partial charge in [-0.2, -0.15) is 0 Å². The first-order valence-corrected chi connectivity index (χ1v) is 7.57. The van der Waals surface area contributed by atoms with Gasteiger partial charge < -0.3 is 15.0 Å². The van der Waals surface area contributed by atoms with E-state index in [1.165, 1.54) is 12.1 Å². The summed E-state index contributed by atoms with van der Waals surface area (Å²) in [6, 6.07) is 11.6. The Balaban J connectivity index is 1.53. The molecule has 0 atom stereocenters. The molecule has 0 fully saturated rings. The largest absolute Gasteiger partial charge is 0.481 e. The molecule has 0 saturated carbocycles. The van der Waals surface area contributed by atoms with Gasteiger partial charge in [-0.3, -0.25) is 9.59 Å². The Morgan fingerprint density at radius 3 is 2.88 bits per heavy atom. The van der Waals surface area contributed by atoms with Gasteiger partial charge in [0.2, 0.25) is 5.91 Å². The lowest BCUT2D eigenvalue weighted by Gasteiger charge is -2.11. The molecule has 1 aliphatic heterocycles. The first-order chi connectivity index (χ1) is 11.5. The van der Waals surface area contributed by atoms with Crippen LogP contribution in [0.3, 0.4) is 0 Å². The highest BCUT2D eigenvalue weighted by Gasteiger charge is 2.23. The summed E-state index contributed by atoms with van der Waals surface area (Å²) in [4.78, 5) is 25.1. The van der Waals surface area contributed by atoms with Gasteiger partial charge in [0.05, 0.1) is 6.42 Å². The van der Waals surface area contributed by atoms with E-state index in [9.17, 15) is 14.0 Å². The van der Waals surface area contributed by atoms with E-state index in [0.717, 1.165) is 16.8 Å². The molecule has 0 aliphatic carbocycles. The molecule has 0 saturated heterocycles. The van der Waals surface area contributed by atoms with Crippen molar-refractivity contribution in [3.8, 4) is 5.75 Å². The second-order valence-electron chi connectivity index (χ2n) is 5.59. The number of para-hydroxylation sites is 1. The average Bonchev–Trinajstić information content (AvgIpc) is 2.86. The molecule has 0 aromatic heterocycles. The molecule has 1 aliphatic rings. The van der Waals surface area contributed by atoms with E-state index in [1.54, 1.807) is 24.1 Å². The summed E-state index contributed by atoms with van der Waals surface area (Å²) in [5, 5.41) is 2.72. The van der Waals surface area contributed by atoms with Gasteiger partial charge >= 0.3 is 0 Å². The van der Waals surface area contributed by atoms with Crippen molar-refractivity contribution in [1.29, 1.82) is 0 Å². The minimum absolute atomic E-state index is 0.0479. The Hall–Kier alpha value is -2.89. The number of rotatable bonds is 5. The number of fused-ring (bicyclic) bond motifs is 1. The normalized spacial score (nSPS) is 12.9. The van der Waals surface area contributed by atoms with E-state index in [-0.39, 0.29) is 24.2 Å². The van der Waals surface area contributed by atoms with Crippen LogP contribution < -0.4 is 15.0 Å². The third kappa shape index (κ3) is 3.37. The van der Waals surface area contributed by atoms with Gasteiger partial charge in [-0.1, -0.05) is 24.3 Å². The van der Waals surface area contributed by atoms with Crippen LogP contribution in [0.2, 0.25) is 0 Å². The second-order valence-corrected chi connectivity index (χ2v) is 5.59. The van der Waals surface area contributed by atoms with E-state index in [1.807, 2.05) is 18.2 Å². The molecule has 1 N–H and O–H groups in total. The maximum Gasteiger partial charge on any atom is 0.258 e. The maximum atomic E-state index is 13.4. The third-order valence-electron chi connectivity index (χ3n) is 3.91. The topological polar surface area (TPSA) is 58.6 Å². The lowest BCUT2D eigenvalue weighted by atomic mass is 10.1. The minimum atomic E-state index is -0.502. The highest BCUT2D eigenvalue weighted by molar-refractivity contribution is 6.00. The van der Waals surface area contributed by atoms with Crippen LogP contribution in [-0.4, -0.2) is 25.5 Å². The first-order valence-electron chi connectivity index (χ1n) is 7.57. The lowest BCUT2D eigenvalue weighted by Crippen LogP contribution is -2.28. The van der Waals surface area contributed by atoms with Crippen LogP contribution in [0.25, 0.3) is 0 Å². The van der Waals surface area contributed by atoms with Crippen LogP contribution in [-0.2, 0) is 22.6 Å². The van der Waals surface area contributed by atoms with Gasteiger partial charge in [-0.25, -0.2) is 4.39 Å². The summed E-state index contributed by atoms with van der Waals surface area (Å²) < 4.78 is 18.5. The monoisotopic (exact) mass is 328 g/mol. The quantitative estimate of drug-likeness (QED) is 0.914. The average molecular weight is 328 g/mol. The Morgan fingerprint density at radius 1 is 1.29 bits per heavy atom. The molecule has 0 radical (unpaired) electrons. The zero-order valence-electron chi connectivity index (χ0n) is 13.2. The highest BCUT2D eigenvalue weighted by atomic mass is 19.1. The van der Waals surface area contributed by atoms with Crippen LogP contribution in [0.4, 0.5) is 10.1 Å². The number of halogens is 1. The first kappa shape index (κ1) is 16.0. The van der Waals surface area contributed by atoms with Crippen molar-refractivity contribution < 1.29 is 18.7 Å².